The minimum absolute atomic E-state index is 0.104. The number of aliphatic hydroxyl groups is 2. The van der Waals surface area contributed by atoms with Gasteiger partial charge < -0.3 is 19.7 Å². The fraction of sp³-hybridized carbons (Fsp3) is 0.522. The van der Waals surface area contributed by atoms with Crippen molar-refractivity contribution in [2.24, 2.45) is 23.7 Å². The molecule has 0 amide bonds. The van der Waals surface area contributed by atoms with Gasteiger partial charge in [-0.2, -0.15) is 0 Å². The quantitative estimate of drug-likeness (QED) is 0.472. The number of Topliss-reactive ketones (excluding diaryl/α,β-unsaturated/α-hetero) is 2. The van der Waals surface area contributed by atoms with Crippen LogP contribution in [0.5, 0.6) is 0 Å². The van der Waals surface area contributed by atoms with Crippen molar-refractivity contribution in [3.8, 4) is 0 Å². The lowest BCUT2D eigenvalue weighted by Crippen LogP contribution is -2.48. The first kappa shape index (κ1) is 23.4. The van der Waals surface area contributed by atoms with Crippen molar-refractivity contribution < 1.29 is 34.1 Å². The van der Waals surface area contributed by atoms with Gasteiger partial charge in [0.2, 0.25) is 5.78 Å². The van der Waals surface area contributed by atoms with E-state index in [9.17, 15) is 24.6 Å². The molecule has 2 N–H and O–H groups in total. The van der Waals surface area contributed by atoms with Crippen molar-refractivity contribution in [3.63, 3.8) is 0 Å². The number of ketones is 2. The Morgan fingerprint density at radius 3 is 2.42 bits per heavy atom. The number of aliphatic hydroxyl groups excluding tert-OH is 2. The van der Waals surface area contributed by atoms with Gasteiger partial charge in [0.05, 0.1) is 29.4 Å². The zero-order chi connectivity index (χ0) is 23.2. The molecule has 0 aromatic heterocycles. The molecule has 31 heavy (non-hydrogen) atoms. The molecular weight excluding hydrogens is 424 g/mol. The van der Waals surface area contributed by atoms with E-state index in [1.54, 1.807) is 25.2 Å². The molecule has 0 aromatic rings. The Balaban J connectivity index is 2.03. The second-order valence-electron chi connectivity index (χ2n) is 8.67. The van der Waals surface area contributed by atoms with Crippen LogP contribution in [0.1, 0.15) is 34.6 Å². The SMILES string of the molecule is CC(O)C(C)C=CC1=CC2=C(Cl)C(=O)C3(C)OC(=O)C(C(=O)C(C)C(C)O)C3C2=CO1. The van der Waals surface area contributed by atoms with Crippen molar-refractivity contribution in [3.05, 3.63) is 46.4 Å². The Bertz CT molecular complexity index is 940. The average Bonchev–Trinajstić information content (AvgIpc) is 3.00. The summed E-state index contributed by atoms with van der Waals surface area (Å²) in [6.45, 7) is 7.96. The van der Waals surface area contributed by atoms with Gasteiger partial charge in [-0.1, -0.05) is 31.5 Å². The third kappa shape index (κ3) is 3.90. The Labute approximate surface area is 186 Å². The van der Waals surface area contributed by atoms with Crippen molar-refractivity contribution >= 4 is 29.1 Å². The second kappa shape index (κ2) is 8.37. The zero-order valence-corrected chi connectivity index (χ0v) is 18.8. The fourth-order valence-electron chi connectivity index (χ4n) is 3.98. The van der Waals surface area contributed by atoms with Crippen LogP contribution in [0.2, 0.25) is 0 Å². The van der Waals surface area contributed by atoms with E-state index in [1.807, 2.05) is 6.92 Å². The van der Waals surface area contributed by atoms with E-state index < -0.39 is 53.1 Å². The predicted molar refractivity (Wildman–Crippen MR) is 112 cm³/mol. The molecule has 7 atom stereocenters. The first-order valence-electron chi connectivity index (χ1n) is 10.2. The summed E-state index contributed by atoms with van der Waals surface area (Å²) in [7, 11) is 0. The molecule has 0 saturated carbocycles. The molecule has 1 saturated heterocycles. The van der Waals surface area contributed by atoms with Crippen LogP contribution in [0.15, 0.2) is 46.4 Å². The van der Waals surface area contributed by atoms with E-state index in [1.165, 1.54) is 27.0 Å². The summed E-state index contributed by atoms with van der Waals surface area (Å²) in [4.78, 5) is 38.8. The van der Waals surface area contributed by atoms with E-state index >= 15 is 0 Å². The average molecular weight is 451 g/mol. The van der Waals surface area contributed by atoms with E-state index in [-0.39, 0.29) is 11.0 Å². The number of allylic oxidation sites excluding steroid dienone is 3. The minimum atomic E-state index is -1.63. The van der Waals surface area contributed by atoms with Crippen LogP contribution in [-0.4, -0.2) is 45.6 Å². The predicted octanol–water partition coefficient (Wildman–Crippen LogP) is 2.57. The van der Waals surface area contributed by atoms with Crippen LogP contribution >= 0.6 is 11.6 Å². The molecule has 0 bridgehead atoms. The molecule has 1 fully saturated rings. The summed E-state index contributed by atoms with van der Waals surface area (Å²) in [5.74, 6) is -4.62. The molecule has 2 aliphatic heterocycles. The van der Waals surface area contributed by atoms with Gasteiger partial charge in [0.25, 0.3) is 0 Å². The lowest BCUT2D eigenvalue weighted by Gasteiger charge is -2.37. The van der Waals surface area contributed by atoms with Crippen molar-refractivity contribution in [2.75, 3.05) is 0 Å². The number of ether oxygens (including phenoxy) is 2. The first-order valence-corrected chi connectivity index (χ1v) is 10.6. The number of hydrogen-bond donors (Lipinski definition) is 2. The van der Waals surface area contributed by atoms with Gasteiger partial charge >= 0.3 is 5.97 Å². The number of esters is 1. The molecule has 2 heterocycles. The van der Waals surface area contributed by atoms with E-state index in [0.717, 1.165) is 0 Å². The Kier molecular flexibility index (Phi) is 6.33. The molecule has 1 aliphatic carbocycles. The highest BCUT2D eigenvalue weighted by Crippen LogP contribution is 2.52. The van der Waals surface area contributed by atoms with Gasteiger partial charge in [0, 0.05) is 23.0 Å². The summed E-state index contributed by atoms with van der Waals surface area (Å²) in [5, 5.41) is 19.4. The number of halogens is 1. The summed E-state index contributed by atoms with van der Waals surface area (Å²) < 4.78 is 11.1. The third-order valence-corrected chi connectivity index (χ3v) is 6.81. The molecule has 8 heteroatoms. The van der Waals surface area contributed by atoms with E-state index in [0.29, 0.717) is 16.9 Å². The highest BCUT2D eigenvalue weighted by atomic mass is 35.5. The van der Waals surface area contributed by atoms with Crippen LogP contribution in [-0.2, 0) is 23.9 Å². The standard InChI is InChI=1S/C23H27ClO7/c1-10(12(3)25)6-7-14-8-15-16(9-30-14)18-17(20(27)11(2)13(4)26)22(29)31-23(18,5)21(28)19(15)24/h6-13,17-18,25-26H,1-5H3. The van der Waals surface area contributed by atoms with Crippen LogP contribution in [0.4, 0.5) is 0 Å². The number of hydrogen-bond acceptors (Lipinski definition) is 7. The fourth-order valence-corrected chi connectivity index (χ4v) is 4.33. The van der Waals surface area contributed by atoms with Gasteiger partial charge in [-0.15, -0.1) is 0 Å². The molecule has 3 aliphatic rings. The number of carbonyl (C=O) groups is 3. The molecular formula is C23H27ClO7. The second-order valence-corrected chi connectivity index (χ2v) is 9.05. The maximum atomic E-state index is 13.1. The summed E-state index contributed by atoms with van der Waals surface area (Å²) in [5.41, 5.74) is -0.839. The Hall–Kier alpha value is -2.22. The monoisotopic (exact) mass is 450 g/mol. The minimum Gasteiger partial charge on any atom is -0.465 e. The Morgan fingerprint density at radius 2 is 1.84 bits per heavy atom. The third-order valence-electron chi connectivity index (χ3n) is 6.44. The highest BCUT2D eigenvalue weighted by Gasteiger charge is 2.64. The van der Waals surface area contributed by atoms with Crippen LogP contribution < -0.4 is 0 Å². The topological polar surface area (TPSA) is 110 Å². The van der Waals surface area contributed by atoms with E-state index in [4.69, 9.17) is 21.1 Å². The van der Waals surface area contributed by atoms with Crippen molar-refractivity contribution in [1.29, 1.82) is 0 Å². The summed E-state index contributed by atoms with van der Waals surface area (Å²) >= 11 is 6.37. The van der Waals surface area contributed by atoms with Gasteiger partial charge in [-0.25, -0.2) is 0 Å². The maximum absolute atomic E-state index is 13.1. The number of fused-ring (bicyclic) bond motifs is 3. The smallest absolute Gasteiger partial charge is 0.318 e. The van der Waals surface area contributed by atoms with Crippen LogP contribution in [0.25, 0.3) is 0 Å². The van der Waals surface area contributed by atoms with Gasteiger partial charge in [-0.3, -0.25) is 14.4 Å². The maximum Gasteiger partial charge on any atom is 0.318 e. The van der Waals surface area contributed by atoms with Crippen LogP contribution in [0.3, 0.4) is 0 Å². The molecule has 0 aromatic carbocycles. The number of rotatable bonds is 6. The molecule has 3 rings (SSSR count). The number of carbonyl (C=O) groups excluding carboxylic acids is 3. The molecule has 7 unspecified atom stereocenters. The highest BCUT2D eigenvalue weighted by molar-refractivity contribution is 6.45. The lowest BCUT2D eigenvalue weighted by atomic mass is 9.66. The summed E-state index contributed by atoms with van der Waals surface area (Å²) in [6.07, 6.45) is 4.87. The van der Waals surface area contributed by atoms with E-state index in [2.05, 4.69) is 0 Å². The van der Waals surface area contributed by atoms with Gasteiger partial charge in [0.1, 0.15) is 11.7 Å². The lowest BCUT2D eigenvalue weighted by molar-refractivity contribution is -0.157. The normalized spacial score (nSPS) is 31.7. The van der Waals surface area contributed by atoms with Crippen LogP contribution in [0, 0.1) is 23.7 Å². The van der Waals surface area contributed by atoms with Gasteiger partial charge in [-0.05, 0) is 32.9 Å². The van der Waals surface area contributed by atoms with Crippen molar-refractivity contribution in [2.45, 2.75) is 52.4 Å². The molecule has 0 spiro atoms. The molecule has 0 radical (unpaired) electrons. The molecule has 7 nitrogen and oxygen atoms in total. The largest absolute Gasteiger partial charge is 0.465 e. The zero-order valence-electron chi connectivity index (χ0n) is 18.1. The Morgan fingerprint density at radius 1 is 1.19 bits per heavy atom. The first-order chi connectivity index (χ1) is 14.4. The van der Waals surface area contributed by atoms with Gasteiger partial charge in [0.15, 0.2) is 11.4 Å². The van der Waals surface area contributed by atoms with Crippen molar-refractivity contribution in [1.82, 2.24) is 0 Å². The summed E-state index contributed by atoms with van der Waals surface area (Å²) in [6, 6.07) is 0. The molecule has 168 valence electrons.